The lowest BCUT2D eigenvalue weighted by molar-refractivity contribution is 0.464. The quantitative estimate of drug-likeness (QED) is 0.825. The molecule has 0 fully saturated rings. The number of anilines is 2. The topological polar surface area (TPSA) is 57.6 Å². The van der Waals surface area contributed by atoms with Crippen LogP contribution in [0.15, 0.2) is 46.2 Å². The van der Waals surface area contributed by atoms with Crippen molar-refractivity contribution in [2.24, 2.45) is 0 Å². The third-order valence-electron chi connectivity index (χ3n) is 3.98. The number of aryl methyl sites for hydroxylation is 2. The fraction of sp³-hybridized carbons (Fsp3) is 0.294. The minimum atomic E-state index is -4.21. The molecule has 0 spiro atoms. The van der Waals surface area contributed by atoms with Crippen molar-refractivity contribution in [3.8, 4) is 0 Å². The summed E-state index contributed by atoms with van der Waals surface area (Å²) >= 11 is 1.64. The zero-order valence-corrected chi connectivity index (χ0v) is 14.9. The minimum Gasteiger partial charge on any atom is -0.320 e. The van der Waals surface area contributed by atoms with Gasteiger partial charge in [0, 0.05) is 9.79 Å². The van der Waals surface area contributed by atoms with Gasteiger partial charge in [0.1, 0.15) is 0 Å². The molecule has 0 saturated heterocycles. The van der Waals surface area contributed by atoms with Gasteiger partial charge in [-0.3, -0.25) is 4.55 Å². The molecule has 0 aromatic heterocycles. The Hall–Kier alpha value is -1.50. The third-order valence-corrected chi connectivity index (χ3v) is 6.51. The monoisotopic (exact) mass is 349 g/mol. The summed E-state index contributed by atoms with van der Waals surface area (Å²) < 4.78 is 33.7. The first-order chi connectivity index (χ1) is 10.8. The summed E-state index contributed by atoms with van der Waals surface area (Å²) in [5, 5.41) is -0.996. The Bertz CT molecular complexity index is 862. The van der Waals surface area contributed by atoms with E-state index in [1.165, 1.54) is 0 Å². The van der Waals surface area contributed by atoms with Gasteiger partial charge in [-0.2, -0.15) is 8.42 Å². The van der Waals surface area contributed by atoms with Gasteiger partial charge in [0.05, 0.1) is 11.4 Å². The van der Waals surface area contributed by atoms with Crippen LogP contribution >= 0.6 is 11.8 Å². The van der Waals surface area contributed by atoms with Crippen LogP contribution < -0.4 is 4.90 Å². The second-order valence-electron chi connectivity index (χ2n) is 5.75. The lowest BCUT2D eigenvalue weighted by Gasteiger charge is -2.37. The number of benzene rings is 2. The zero-order valence-electron chi connectivity index (χ0n) is 13.3. The highest BCUT2D eigenvalue weighted by Gasteiger charge is 2.35. The van der Waals surface area contributed by atoms with E-state index in [1.54, 1.807) is 23.6 Å². The Morgan fingerprint density at radius 2 is 1.87 bits per heavy atom. The fourth-order valence-electron chi connectivity index (χ4n) is 3.06. The molecule has 0 amide bonds. The molecule has 0 saturated carbocycles. The third kappa shape index (κ3) is 2.86. The van der Waals surface area contributed by atoms with Gasteiger partial charge < -0.3 is 4.90 Å². The maximum atomic E-state index is 12.0. The van der Waals surface area contributed by atoms with Crippen molar-refractivity contribution in [1.82, 2.24) is 0 Å². The van der Waals surface area contributed by atoms with Crippen LogP contribution in [-0.2, 0) is 10.1 Å². The Labute approximate surface area is 141 Å². The average molecular weight is 349 g/mol. The largest absolute Gasteiger partial charge is 0.320 e. The van der Waals surface area contributed by atoms with Crippen molar-refractivity contribution in [2.45, 2.75) is 42.4 Å². The number of hydrogen-bond acceptors (Lipinski definition) is 4. The molecule has 1 heterocycles. The van der Waals surface area contributed by atoms with E-state index in [9.17, 15) is 13.0 Å². The van der Waals surface area contributed by atoms with Crippen LogP contribution in [0.3, 0.4) is 0 Å². The van der Waals surface area contributed by atoms with Gasteiger partial charge in [-0.05, 0) is 49.6 Å². The van der Waals surface area contributed by atoms with Crippen molar-refractivity contribution in [3.63, 3.8) is 0 Å². The Morgan fingerprint density at radius 3 is 2.52 bits per heavy atom. The first kappa shape index (κ1) is 16.4. The molecule has 1 unspecified atom stereocenters. The highest BCUT2D eigenvalue weighted by Crippen LogP contribution is 2.51. The van der Waals surface area contributed by atoms with E-state index >= 15 is 0 Å². The van der Waals surface area contributed by atoms with Crippen molar-refractivity contribution in [2.75, 3.05) is 4.90 Å². The molecule has 0 aliphatic carbocycles. The van der Waals surface area contributed by atoms with Gasteiger partial charge >= 0.3 is 0 Å². The molecule has 1 aliphatic rings. The zero-order chi connectivity index (χ0) is 16.8. The molecule has 3 rings (SSSR count). The predicted molar refractivity (Wildman–Crippen MR) is 94.2 cm³/mol. The van der Waals surface area contributed by atoms with E-state index in [0.29, 0.717) is 6.42 Å². The maximum absolute atomic E-state index is 12.0. The van der Waals surface area contributed by atoms with E-state index in [2.05, 4.69) is 6.07 Å². The highest BCUT2D eigenvalue weighted by atomic mass is 32.2. The molecule has 0 radical (unpaired) electrons. The molecule has 23 heavy (non-hydrogen) atoms. The summed E-state index contributed by atoms with van der Waals surface area (Å²) in [4.78, 5) is 3.79. The first-order valence-electron chi connectivity index (χ1n) is 7.46. The molecule has 2 aromatic rings. The Morgan fingerprint density at radius 1 is 1.17 bits per heavy atom. The van der Waals surface area contributed by atoms with Gasteiger partial charge in [0.2, 0.25) is 0 Å². The molecule has 6 heteroatoms. The van der Waals surface area contributed by atoms with Crippen LogP contribution in [0.1, 0.15) is 24.5 Å². The molecule has 4 nitrogen and oxygen atoms in total. The summed E-state index contributed by atoms with van der Waals surface area (Å²) in [5.74, 6) is 0. The SMILES string of the molecule is CCC(N1c2ccccc2Sc2c(C)cc(C)cc21)S(=O)(=O)O. The van der Waals surface area contributed by atoms with Crippen molar-refractivity contribution >= 4 is 33.3 Å². The van der Waals surface area contributed by atoms with E-state index in [1.807, 2.05) is 44.2 Å². The molecular weight excluding hydrogens is 330 g/mol. The number of fused-ring (bicyclic) bond motifs is 2. The summed E-state index contributed by atoms with van der Waals surface area (Å²) in [7, 11) is -4.21. The lowest BCUT2D eigenvalue weighted by atomic mass is 10.1. The van der Waals surface area contributed by atoms with Gasteiger partial charge in [-0.1, -0.05) is 36.9 Å². The fourth-order valence-corrected chi connectivity index (χ4v) is 5.10. The molecule has 0 bridgehead atoms. The van der Waals surface area contributed by atoms with E-state index in [0.717, 1.165) is 32.3 Å². The second kappa shape index (κ2) is 5.85. The summed E-state index contributed by atoms with van der Waals surface area (Å²) in [5.41, 5.74) is 3.83. The summed E-state index contributed by atoms with van der Waals surface area (Å²) in [6.07, 6.45) is 0.296. The van der Waals surface area contributed by atoms with Gasteiger partial charge in [0.25, 0.3) is 10.1 Å². The normalized spacial score (nSPS) is 15.0. The number of para-hydroxylation sites is 1. The van der Waals surface area contributed by atoms with Crippen molar-refractivity contribution in [3.05, 3.63) is 47.5 Å². The van der Waals surface area contributed by atoms with E-state index in [4.69, 9.17) is 0 Å². The standard InChI is InChI=1S/C17H19NO3S2/c1-4-16(23(19,20)21)18-13-7-5-6-8-15(13)22-17-12(3)9-11(2)10-14(17)18/h5-10,16H,4H2,1-3H3,(H,19,20,21). The van der Waals surface area contributed by atoms with Crippen LogP contribution in [-0.4, -0.2) is 18.3 Å². The Kier molecular flexibility index (Phi) is 4.16. The number of rotatable bonds is 3. The van der Waals surface area contributed by atoms with Crippen LogP contribution in [0.2, 0.25) is 0 Å². The molecule has 1 N–H and O–H groups in total. The second-order valence-corrected chi connectivity index (χ2v) is 8.37. The van der Waals surface area contributed by atoms with Crippen LogP contribution in [0.5, 0.6) is 0 Å². The number of nitrogens with zero attached hydrogens (tertiary/aromatic N) is 1. The van der Waals surface area contributed by atoms with Crippen molar-refractivity contribution < 1.29 is 13.0 Å². The summed E-state index contributed by atoms with van der Waals surface area (Å²) in [6.45, 7) is 5.79. The molecule has 1 aliphatic heterocycles. The summed E-state index contributed by atoms with van der Waals surface area (Å²) in [6, 6.07) is 11.8. The smallest absolute Gasteiger partial charge is 0.286 e. The Balaban J connectivity index is 2.30. The van der Waals surface area contributed by atoms with E-state index in [-0.39, 0.29) is 0 Å². The van der Waals surface area contributed by atoms with Gasteiger partial charge in [0.15, 0.2) is 5.37 Å². The van der Waals surface area contributed by atoms with Crippen molar-refractivity contribution in [1.29, 1.82) is 0 Å². The lowest BCUT2D eigenvalue weighted by Crippen LogP contribution is -2.38. The first-order valence-corrected chi connectivity index (χ1v) is 9.78. The van der Waals surface area contributed by atoms with Crippen LogP contribution in [0.4, 0.5) is 11.4 Å². The van der Waals surface area contributed by atoms with Crippen LogP contribution in [0.25, 0.3) is 0 Å². The van der Waals surface area contributed by atoms with E-state index < -0.39 is 15.5 Å². The highest BCUT2D eigenvalue weighted by molar-refractivity contribution is 7.99. The van der Waals surface area contributed by atoms with Gasteiger partial charge in [-0.25, -0.2) is 0 Å². The van der Waals surface area contributed by atoms with Gasteiger partial charge in [-0.15, -0.1) is 0 Å². The predicted octanol–water partition coefficient (Wildman–Crippen LogP) is 4.53. The average Bonchev–Trinajstić information content (AvgIpc) is 2.47. The molecular formula is C17H19NO3S2. The minimum absolute atomic E-state index is 0.296. The maximum Gasteiger partial charge on any atom is 0.286 e. The number of hydrogen-bond donors (Lipinski definition) is 1. The molecule has 1 atom stereocenters. The molecule has 122 valence electrons. The van der Waals surface area contributed by atoms with Crippen LogP contribution in [0, 0.1) is 13.8 Å². The molecule has 2 aromatic carbocycles.